The van der Waals surface area contributed by atoms with Crippen molar-refractivity contribution in [3.63, 3.8) is 0 Å². The van der Waals surface area contributed by atoms with Crippen molar-refractivity contribution in [2.75, 3.05) is 13.6 Å². The summed E-state index contributed by atoms with van der Waals surface area (Å²) in [6.45, 7) is 7.50. The summed E-state index contributed by atoms with van der Waals surface area (Å²) >= 11 is 1.59. The molecule has 0 aromatic carbocycles. The zero-order valence-corrected chi connectivity index (χ0v) is 15.9. The molecule has 1 aromatic heterocycles. The van der Waals surface area contributed by atoms with E-state index in [0.717, 1.165) is 10.6 Å². The van der Waals surface area contributed by atoms with Crippen LogP contribution in [0.5, 0.6) is 0 Å². The standard InChI is InChI=1S/C18H25N3O3S/c1-10(2)12-7-15(22)21-16(12)11(3)13(17(21)18(23)24)8-20(4)9-14-19-5-6-25-14/h5-6,10-12,16H,7-9H2,1-4H3,(H,23,24)/t11-,12-,16+/m0/s1. The number of rotatable bonds is 6. The number of hydrogen-bond acceptors (Lipinski definition) is 5. The van der Waals surface area contributed by atoms with Crippen molar-refractivity contribution in [1.29, 1.82) is 0 Å². The summed E-state index contributed by atoms with van der Waals surface area (Å²) in [5, 5.41) is 12.7. The number of carboxylic acids is 1. The molecule has 1 N–H and O–H groups in total. The van der Waals surface area contributed by atoms with Crippen LogP contribution in [-0.4, -0.2) is 51.4 Å². The van der Waals surface area contributed by atoms with E-state index in [-0.39, 0.29) is 29.5 Å². The van der Waals surface area contributed by atoms with Crippen LogP contribution in [0.25, 0.3) is 0 Å². The molecule has 3 heterocycles. The predicted molar refractivity (Wildman–Crippen MR) is 95.9 cm³/mol. The summed E-state index contributed by atoms with van der Waals surface area (Å²) in [6.07, 6.45) is 2.22. The largest absolute Gasteiger partial charge is 0.477 e. The number of fused-ring (bicyclic) bond motifs is 1. The molecule has 0 spiro atoms. The number of hydrogen-bond donors (Lipinski definition) is 1. The summed E-state index contributed by atoms with van der Waals surface area (Å²) in [6, 6.07) is -0.0261. The first-order chi connectivity index (χ1) is 11.8. The second kappa shape index (κ2) is 6.88. The van der Waals surface area contributed by atoms with Gasteiger partial charge in [0.2, 0.25) is 5.91 Å². The molecule has 2 aliphatic rings. The summed E-state index contributed by atoms with van der Waals surface area (Å²) < 4.78 is 0. The number of aromatic nitrogens is 1. The van der Waals surface area contributed by atoms with E-state index in [1.54, 1.807) is 22.4 Å². The molecule has 1 aromatic rings. The lowest BCUT2D eigenvalue weighted by molar-refractivity contribution is -0.138. The Kier molecular flexibility index (Phi) is 4.97. The van der Waals surface area contributed by atoms with Gasteiger partial charge in [0, 0.05) is 36.5 Å². The number of carboxylic acid groups (broad SMARTS) is 1. The maximum atomic E-state index is 12.5. The van der Waals surface area contributed by atoms with E-state index in [4.69, 9.17) is 0 Å². The van der Waals surface area contributed by atoms with Crippen LogP contribution in [0.4, 0.5) is 0 Å². The van der Waals surface area contributed by atoms with Gasteiger partial charge in [-0.05, 0) is 24.5 Å². The van der Waals surface area contributed by atoms with Gasteiger partial charge in [-0.15, -0.1) is 11.3 Å². The second-order valence-electron chi connectivity index (χ2n) is 7.43. The van der Waals surface area contributed by atoms with Crippen molar-refractivity contribution < 1.29 is 14.7 Å². The van der Waals surface area contributed by atoms with Crippen molar-refractivity contribution in [3.8, 4) is 0 Å². The van der Waals surface area contributed by atoms with Crippen molar-refractivity contribution in [3.05, 3.63) is 27.9 Å². The van der Waals surface area contributed by atoms with Gasteiger partial charge in [0.25, 0.3) is 0 Å². The fourth-order valence-corrected chi connectivity index (χ4v) is 4.92. The average molecular weight is 363 g/mol. The van der Waals surface area contributed by atoms with Crippen LogP contribution in [-0.2, 0) is 16.1 Å². The molecule has 0 bridgehead atoms. The predicted octanol–water partition coefficient (Wildman–Crippen LogP) is 2.44. The molecule has 6 nitrogen and oxygen atoms in total. The highest BCUT2D eigenvalue weighted by atomic mass is 32.1. The Bertz CT molecular complexity index is 698. The Morgan fingerprint density at radius 1 is 1.48 bits per heavy atom. The van der Waals surface area contributed by atoms with Crippen molar-refractivity contribution in [2.45, 2.75) is 39.8 Å². The summed E-state index contributed by atoms with van der Waals surface area (Å²) in [4.78, 5) is 32.4. The molecule has 2 aliphatic heterocycles. The topological polar surface area (TPSA) is 73.7 Å². The Labute approximate surface area is 152 Å². The lowest BCUT2D eigenvalue weighted by Gasteiger charge is -2.28. The van der Waals surface area contributed by atoms with Gasteiger partial charge in [0.05, 0.1) is 6.54 Å². The van der Waals surface area contributed by atoms with Gasteiger partial charge in [-0.3, -0.25) is 9.69 Å². The molecule has 3 atom stereocenters. The molecular formula is C18H25N3O3S. The molecule has 7 heteroatoms. The molecule has 136 valence electrons. The average Bonchev–Trinajstić information content (AvgIpc) is 3.19. The van der Waals surface area contributed by atoms with Crippen LogP contribution >= 0.6 is 11.3 Å². The minimum Gasteiger partial charge on any atom is -0.477 e. The van der Waals surface area contributed by atoms with E-state index < -0.39 is 5.97 Å². The number of likely N-dealkylation sites (N-methyl/N-ethyl adjacent to an activating group) is 1. The third-order valence-electron chi connectivity index (χ3n) is 5.41. The molecule has 0 aliphatic carbocycles. The quantitative estimate of drug-likeness (QED) is 0.840. The highest BCUT2D eigenvalue weighted by Crippen LogP contribution is 2.46. The molecule has 25 heavy (non-hydrogen) atoms. The number of thiazole rings is 1. The van der Waals surface area contributed by atoms with Crippen molar-refractivity contribution in [1.82, 2.24) is 14.8 Å². The number of amides is 1. The zero-order chi connectivity index (χ0) is 18.3. The van der Waals surface area contributed by atoms with Gasteiger partial charge in [0.1, 0.15) is 10.7 Å². The first-order valence-corrected chi connectivity index (χ1v) is 9.54. The third kappa shape index (κ3) is 3.22. The van der Waals surface area contributed by atoms with Crippen LogP contribution in [0, 0.1) is 17.8 Å². The SMILES string of the molecule is CC(C)[C@@H]1CC(=O)N2C(C(=O)O)=C(CN(C)Cc3nccs3)[C@H](C)[C@H]12. The maximum absolute atomic E-state index is 12.5. The Balaban J connectivity index is 1.87. The fraction of sp³-hybridized carbons (Fsp3) is 0.611. The fourth-order valence-electron chi connectivity index (χ4n) is 4.22. The summed E-state index contributed by atoms with van der Waals surface area (Å²) in [7, 11) is 1.96. The van der Waals surface area contributed by atoms with Gasteiger partial charge < -0.3 is 10.0 Å². The van der Waals surface area contributed by atoms with Crippen molar-refractivity contribution in [2.24, 2.45) is 17.8 Å². The molecular weight excluding hydrogens is 338 g/mol. The number of aliphatic carboxylic acids is 1. The van der Waals surface area contributed by atoms with E-state index in [0.29, 0.717) is 25.4 Å². The van der Waals surface area contributed by atoms with Crippen LogP contribution in [0.3, 0.4) is 0 Å². The van der Waals surface area contributed by atoms with E-state index in [2.05, 4.69) is 30.7 Å². The zero-order valence-electron chi connectivity index (χ0n) is 15.1. The second-order valence-corrected chi connectivity index (χ2v) is 8.41. The summed E-state index contributed by atoms with van der Waals surface area (Å²) in [5.74, 6) is -0.429. The number of carbonyl (C=O) groups excluding carboxylic acids is 1. The Hall–Kier alpha value is -1.73. The first-order valence-electron chi connectivity index (χ1n) is 8.66. The third-order valence-corrected chi connectivity index (χ3v) is 6.17. The molecule has 1 fully saturated rings. The Morgan fingerprint density at radius 2 is 2.20 bits per heavy atom. The molecule has 1 saturated heterocycles. The van der Waals surface area contributed by atoms with Gasteiger partial charge in [-0.25, -0.2) is 9.78 Å². The minimum absolute atomic E-state index is 0.0261. The van der Waals surface area contributed by atoms with Crippen LogP contribution in [0.1, 0.15) is 32.2 Å². The monoisotopic (exact) mass is 363 g/mol. The highest BCUT2D eigenvalue weighted by molar-refractivity contribution is 7.09. The van der Waals surface area contributed by atoms with Gasteiger partial charge in [-0.2, -0.15) is 0 Å². The van der Waals surface area contributed by atoms with Gasteiger partial charge in [-0.1, -0.05) is 20.8 Å². The van der Waals surface area contributed by atoms with Crippen molar-refractivity contribution >= 4 is 23.2 Å². The van der Waals surface area contributed by atoms with Gasteiger partial charge in [0.15, 0.2) is 0 Å². The maximum Gasteiger partial charge on any atom is 0.352 e. The number of nitrogens with zero attached hydrogens (tertiary/aromatic N) is 3. The molecule has 1 amide bonds. The molecule has 0 saturated carbocycles. The van der Waals surface area contributed by atoms with E-state index in [9.17, 15) is 14.7 Å². The lowest BCUT2D eigenvalue weighted by atomic mass is 9.81. The molecule has 0 radical (unpaired) electrons. The highest BCUT2D eigenvalue weighted by Gasteiger charge is 2.53. The molecule has 3 rings (SSSR count). The minimum atomic E-state index is -0.996. The molecule has 0 unspecified atom stereocenters. The smallest absolute Gasteiger partial charge is 0.352 e. The van der Waals surface area contributed by atoms with Crippen LogP contribution in [0.2, 0.25) is 0 Å². The van der Waals surface area contributed by atoms with Gasteiger partial charge >= 0.3 is 5.97 Å². The number of carbonyl (C=O) groups is 2. The van der Waals surface area contributed by atoms with Crippen LogP contribution in [0.15, 0.2) is 22.8 Å². The van der Waals surface area contributed by atoms with Crippen LogP contribution < -0.4 is 0 Å². The van der Waals surface area contributed by atoms with E-state index in [1.807, 2.05) is 12.4 Å². The lowest BCUT2D eigenvalue weighted by Crippen LogP contribution is -2.36. The van der Waals surface area contributed by atoms with E-state index >= 15 is 0 Å². The Morgan fingerprint density at radius 3 is 2.76 bits per heavy atom. The van der Waals surface area contributed by atoms with E-state index in [1.165, 1.54) is 0 Å². The summed E-state index contributed by atoms with van der Waals surface area (Å²) in [5.41, 5.74) is 1.06. The normalized spacial score (nSPS) is 26.2. The first kappa shape index (κ1) is 18.1.